The highest BCUT2D eigenvalue weighted by Crippen LogP contribution is 2.90. The maximum absolute atomic E-state index is 12.1. The number of ether oxygens (including phenoxy) is 1. The van der Waals surface area contributed by atoms with Gasteiger partial charge in [-0.05, 0) is 67.3 Å². The summed E-state index contributed by atoms with van der Waals surface area (Å²) in [4.78, 5) is 33.0. The maximum Gasteiger partial charge on any atom is 0.292 e. The van der Waals surface area contributed by atoms with Crippen molar-refractivity contribution >= 4 is 18.0 Å². The molecule has 0 bridgehead atoms. The Morgan fingerprint density at radius 3 is 2.63 bits per heavy atom. The first-order valence-corrected chi connectivity index (χ1v) is 10.4. The van der Waals surface area contributed by atoms with E-state index >= 15 is 0 Å². The van der Waals surface area contributed by atoms with E-state index in [1.807, 2.05) is 6.08 Å². The molecule has 6 unspecified atom stereocenters. The van der Waals surface area contributed by atoms with Gasteiger partial charge in [-0.1, -0.05) is 24.1 Å². The lowest BCUT2D eigenvalue weighted by atomic mass is 9.53. The van der Waals surface area contributed by atoms with Gasteiger partial charge in [-0.15, -0.1) is 0 Å². The summed E-state index contributed by atoms with van der Waals surface area (Å²) in [6.45, 7) is 2.76. The highest BCUT2D eigenvalue weighted by molar-refractivity contribution is 5.97. The van der Waals surface area contributed by atoms with Crippen molar-refractivity contribution in [3.8, 4) is 0 Å². The van der Waals surface area contributed by atoms with Crippen LogP contribution in [0.4, 0.5) is 0 Å². The van der Waals surface area contributed by atoms with E-state index in [4.69, 9.17) is 4.79 Å². The van der Waals surface area contributed by atoms with Gasteiger partial charge in [-0.3, -0.25) is 14.4 Å². The van der Waals surface area contributed by atoms with Gasteiger partial charge < -0.3 is 4.74 Å². The van der Waals surface area contributed by atoms with Crippen LogP contribution in [0.1, 0.15) is 58.3 Å². The number of ketones is 2. The third kappa shape index (κ3) is 1.87. The van der Waals surface area contributed by atoms with Crippen LogP contribution >= 0.6 is 0 Å². The molecule has 4 saturated carbocycles. The molecule has 144 valence electrons. The number of carbonyl (C=O) groups excluding carboxylic acids is 3. The Morgan fingerprint density at radius 1 is 1.19 bits per heavy atom. The van der Waals surface area contributed by atoms with Crippen molar-refractivity contribution in [3.05, 3.63) is 23.3 Å². The Labute approximate surface area is 160 Å². The van der Waals surface area contributed by atoms with E-state index in [0.29, 0.717) is 47.1 Å². The minimum absolute atomic E-state index is 0.145. The van der Waals surface area contributed by atoms with Crippen LogP contribution in [0.25, 0.3) is 0 Å². The topological polar surface area (TPSA) is 60.4 Å². The van der Waals surface area contributed by atoms with E-state index in [0.717, 1.165) is 31.6 Å². The highest BCUT2D eigenvalue weighted by atomic mass is 16.5. The molecule has 2 spiro atoms. The Balaban J connectivity index is 0.000000368. The first-order valence-electron chi connectivity index (χ1n) is 10.4. The predicted molar refractivity (Wildman–Crippen MR) is 99.6 cm³/mol. The van der Waals surface area contributed by atoms with Crippen LogP contribution < -0.4 is 0 Å². The van der Waals surface area contributed by atoms with Gasteiger partial charge in [-0.2, -0.15) is 0 Å². The summed E-state index contributed by atoms with van der Waals surface area (Å²) in [6, 6.07) is 0. The number of rotatable bonds is 1. The van der Waals surface area contributed by atoms with Crippen LogP contribution in [-0.4, -0.2) is 25.1 Å². The van der Waals surface area contributed by atoms with E-state index in [2.05, 4.69) is 17.7 Å². The van der Waals surface area contributed by atoms with Crippen molar-refractivity contribution in [1.82, 2.24) is 0 Å². The fourth-order valence-corrected chi connectivity index (χ4v) is 8.18. The summed E-state index contributed by atoms with van der Waals surface area (Å²) in [5.41, 5.74) is 4.01. The molecule has 4 nitrogen and oxygen atoms in total. The second-order valence-corrected chi connectivity index (χ2v) is 9.73. The van der Waals surface area contributed by atoms with Crippen molar-refractivity contribution in [2.24, 2.45) is 34.0 Å². The number of methoxy groups -OCH3 is 1. The average Bonchev–Trinajstić information content (AvgIpc) is 2.91. The van der Waals surface area contributed by atoms with Crippen LogP contribution in [-0.2, 0) is 19.1 Å². The molecule has 27 heavy (non-hydrogen) atoms. The third-order valence-electron chi connectivity index (χ3n) is 9.20. The van der Waals surface area contributed by atoms with E-state index in [-0.39, 0.29) is 5.41 Å². The fraction of sp³-hybridized carbons (Fsp3) is 0.696. The SMILES string of the molecule is CC12CCC(=O)C=C1CCC1C2=CCC23C1CCC21CC(=O)C13.COC=O. The number of allylic oxidation sites excluding steroid dienone is 4. The van der Waals surface area contributed by atoms with Crippen LogP contribution in [0.3, 0.4) is 0 Å². The normalized spacial score (nSPS) is 48.0. The van der Waals surface area contributed by atoms with Gasteiger partial charge in [0.15, 0.2) is 5.78 Å². The van der Waals surface area contributed by atoms with Gasteiger partial charge in [0.05, 0.1) is 7.11 Å². The molecule has 0 aliphatic heterocycles. The van der Waals surface area contributed by atoms with Gasteiger partial charge in [0.25, 0.3) is 6.47 Å². The molecule has 6 atom stereocenters. The molecular weight excluding hydrogens is 340 g/mol. The number of fused-ring (bicyclic) bond motifs is 4. The highest BCUT2D eigenvalue weighted by Gasteiger charge is 2.89. The molecule has 6 aliphatic carbocycles. The Bertz CT molecular complexity index is 807. The Kier molecular flexibility index (Phi) is 3.49. The molecule has 0 aromatic carbocycles. The molecule has 0 N–H and O–H groups in total. The van der Waals surface area contributed by atoms with Gasteiger partial charge in [0.1, 0.15) is 5.78 Å². The molecular formula is C23H28O4. The van der Waals surface area contributed by atoms with E-state index in [1.165, 1.54) is 31.9 Å². The third-order valence-corrected chi connectivity index (χ3v) is 9.20. The molecule has 0 heterocycles. The van der Waals surface area contributed by atoms with Gasteiger partial charge in [0, 0.05) is 24.2 Å². The first-order chi connectivity index (χ1) is 12.9. The summed E-state index contributed by atoms with van der Waals surface area (Å²) in [6.07, 6.45) is 13.2. The minimum atomic E-state index is 0.145. The fourth-order valence-electron chi connectivity index (χ4n) is 8.18. The van der Waals surface area contributed by atoms with Gasteiger partial charge >= 0.3 is 0 Å². The van der Waals surface area contributed by atoms with Crippen molar-refractivity contribution in [2.75, 3.05) is 7.11 Å². The minimum Gasteiger partial charge on any atom is -0.471 e. The summed E-state index contributed by atoms with van der Waals surface area (Å²) in [7, 11) is 1.31. The summed E-state index contributed by atoms with van der Waals surface area (Å²) >= 11 is 0. The quantitative estimate of drug-likeness (QED) is 0.522. The molecule has 0 aromatic heterocycles. The van der Waals surface area contributed by atoms with E-state index < -0.39 is 0 Å². The summed E-state index contributed by atoms with van der Waals surface area (Å²) in [5, 5.41) is 0. The number of carbonyl (C=O) groups is 3. The Hall–Kier alpha value is -1.71. The summed E-state index contributed by atoms with van der Waals surface area (Å²) in [5.74, 6) is 2.78. The largest absolute Gasteiger partial charge is 0.471 e. The van der Waals surface area contributed by atoms with Crippen molar-refractivity contribution in [3.63, 3.8) is 0 Å². The summed E-state index contributed by atoms with van der Waals surface area (Å²) < 4.78 is 3.86. The van der Waals surface area contributed by atoms with Crippen LogP contribution in [0.15, 0.2) is 23.3 Å². The molecule has 6 rings (SSSR count). The lowest BCUT2D eigenvalue weighted by molar-refractivity contribution is -0.128. The van der Waals surface area contributed by atoms with Crippen molar-refractivity contribution in [1.29, 1.82) is 0 Å². The lowest BCUT2D eigenvalue weighted by Crippen LogP contribution is -2.41. The second kappa shape index (κ2) is 5.42. The van der Waals surface area contributed by atoms with Crippen molar-refractivity contribution < 1.29 is 19.1 Å². The van der Waals surface area contributed by atoms with Gasteiger partial charge in [0.2, 0.25) is 0 Å². The predicted octanol–water partition coefficient (Wildman–Crippen LogP) is 3.80. The van der Waals surface area contributed by atoms with Crippen LogP contribution in [0.2, 0.25) is 0 Å². The van der Waals surface area contributed by atoms with E-state index in [1.54, 1.807) is 5.57 Å². The maximum atomic E-state index is 12.1. The zero-order chi connectivity index (χ0) is 19.0. The number of hydrogen-bond acceptors (Lipinski definition) is 4. The van der Waals surface area contributed by atoms with Crippen LogP contribution in [0.5, 0.6) is 0 Å². The smallest absolute Gasteiger partial charge is 0.292 e. The molecule has 4 fully saturated rings. The van der Waals surface area contributed by atoms with Crippen molar-refractivity contribution in [2.45, 2.75) is 58.3 Å². The molecule has 0 aromatic rings. The van der Waals surface area contributed by atoms with Crippen LogP contribution in [0, 0.1) is 34.0 Å². The van der Waals surface area contributed by atoms with Gasteiger partial charge in [-0.25, -0.2) is 0 Å². The first kappa shape index (κ1) is 17.4. The Morgan fingerprint density at radius 2 is 1.96 bits per heavy atom. The molecule has 6 aliphatic rings. The second-order valence-electron chi connectivity index (χ2n) is 9.73. The zero-order valence-electron chi connectivity index (χ0n) is 16.3. The number of Topliss-reactive ketones (excluding diaryl/α,β-unsaturated/α-hetero) is 1. The zero-order valence-corrected chi connectivity index (χ0v) is 16.3. The molecule has 0 radical (unpaired) electrons. The number of hydrogen-bond donors (Lipinski definition) is 0. The van der Waals surface area contributed by atoms with E-state index in [9.17, 15) is 9.59 Å². The molecule has 0 amide bonds. The standard InChI is InChI=1S/C21H24O2.C2H4O2/c1-19-7-4-13(22)10-12(19)2-3-14-15(19)6-9-21-16(14)5-8-20(21)11-17(23)18(20)21;1-4-2-3/h6,10,14,16,18H,2-5,7-9,11H2,1H3;2H,1H3. The monoisotopic (exact) mass is 368 g/mol. The molecule has 0 saturated heterocycles. The average molecular weight is 368 g/mol. The molecule has 4 heteroatoms. The lowest BCUT2D eigenvalue weighted by Gasteiger charge is -2.51.